The normalized spacial score (nSPS) is 10.1. The van der Waals surface area contributed by atoms with E-state index in [0.717, 1.165) is 13.0 Å². The van der Waals surface area contributed by atoms with E-state index < -0.39 is 0 Å². The number of nitrogens with two attached hydrogens (primary N) is 3. The molecule has 0 aliphatic heterocycles. The van der Waals surface area contributed by atoms with E-state index in [0.29, 0.717) is 23.9 Å². The van der Waals surface area contributed by atoms with Crippen molar-refractivity contribution in [2.45, 2.75) is 6.42 Å². The summed E-state index contributed by atoms with van der Waals surface area (Å²) in [4.78, 5) is 3.99. The molecule has 5 heteroatoms. The molecule has 0 aliphatic carbocycles. The number of quaternary nitrogens is 1. The van der Waals surface area contributed by atoms with Crippen LogP contribution in [0.3, 0.4) is 0 Å². The van der Waals surface area contributed by atoms with Crippen LogP contribution >= 0.6 is 0 Å². The number of hydrogen-bond acceptors (Lipinski definition) is 4. The van der Waals surface area contributed by atoms with Gasteiger partial charge in [0.1, 0.15) is 0 Å². The standard InChI is InChI=1S/C9H16N4O/c1-12-3-2-4-14-9-8(11)5-7(10)6-13-9/h5-6,12H,2-4,10-11H2,1H3/p+1. The Morgan fingerprint density at radius 3 is 2.93 bits per heavy atom. The number of ether oxygens (including phenoxy) is 1. The fraction of sp³-hybridized carbons (Fsp3) is 0.444. The smallest absolute Gasteiger partial charge is 0.237 e. The van der Waals surface area contributed by atoms with Crippen LogP contribution < -0.4 is 21.5 Å². The van der Waals surface area contributed by atoms with Crippen molar-refractivity contribution in [1.29, 1.82) is 0 Å². The van der Waals surface area contributed by atoms with Crippen LogP contribution in [0.2, 0.25) is 0 Å². The van der Waals surface area contributed by atoms with E-state index >= 15 is 0 Å². The molecule has 0 aliphatic rings. The topological polar surface area (TPSA) is 90.8 Å². The maximum absolute atomic E-state index is 5.66. The molecule has 1 aromatic heterocycles. The number of nitrogens with zero attached hydrogens (tertiary/aromatic N) is 1. The largest absolute Gasteiger partial charge is 0.476 e. The molecule has 0 atom stereocenters. The van der Waals surface area contributed by atoms with Crippen LogP contribution in [0, 0.1) is 0 Å². The second kappa shape index (κ2) is 5.29. The minimum atomic E-state index is 0.468. The van der Waals surface area contributed by atoms with Crippen LogP contribution in [-0.4, -0.2) is 25.2 Å². The van der Waals surface area contributed by atoms with E-state index in [1.54, 1.807) is 6.07 Å². The van der Waals surface area contributed by atoms with E-state index in [4.69, 9.17) is 16.2 Å². The van der Waals surface area contributed by atoms with Crippen molar-refractivity contribution < 1.29 is 10.1 Å². The molecule has 1 aromatic rings. The summed E-state index contributed by atoms with van der Waals surface area (Å²) in [7, 11) is 2.02. The zero-order chi connectivity index (χ0) is 10.4. The van der Waals surface area contributed by atoms with Crippen LogP contribution in [0.15, 0.2) is 12.3 Å². The first-order valence-electron chi connectivity index (χ1n) is 4.65. The van der Waals surface area contributed by atoms with Crippen LogP contribution in [0.25, 0.3) is 0 Å². The monoisotopic (exact) mass is 197 g/mol. The molecule has 5 nitrogen and oxygen atoms in total. The molecule has 0 saturated carbocycles. The molecule has 0 fully saturated rings. The van der Waals surface area contributed by atoms with Crippen LogP contribution in [0.4, 0.5) is 11.4 Å². The third-order valence-electron chi connectivity index (χ3n) is 1.78. The molecule has 78 valence electrons. The van der Waals surface area contributed by atoms with E-state index in [9.17, 15) is 0 Å². The highest BCUT2D eigenvalue weighted by molar-refractivity contribution is 5.55. The maximum Gasteiger partial charge on any atom is 0.237 e. The Bertz CT molecular complexity index is 290. The van der Waals surface area contributed by atoms with Gasteiger partial charge in [0.05, 0.1) is 37.8 Å². The van der Waals surface area contributed by atoms with Gasteiger partial charge in [-0.15, -0.1) is 0 Å². The average Bonchev–Trinajstić information content (AvgIpc) is 2.15. The van der Waals surface area contributed by atoms with Crippen molar-refractivity contribution in [3.63, 3.8) is 0 Å². The number of nitrogen functional groups attached to an aromatic ring is 2. The summed E-state index contributed by atoms with van der Waals surface area (Å²) in [6.45, 7) is 1.67. The zero-order valence-electron chi connectivity index (χ0n) is 8.36. The van der Waals surface area contributed by atoms with E-state index in [1.807, 2.05) is 7.05 Å². The lowest BCUT2D eigenvalue weighted by Crippen LogP contribution is -2.79. The van der Waals surface area contributed by atoms with Crippen LogP contribution in [0.5, 0.6) is 5.88 Å². The van der Waals surface area contributed by atoms with Gasteiger partial charge in [-0.2, -0.15) is 0 Å². The minimum absolute atomic E-state index is 0.468. The van der Waals surface area contributed by atoms with E-state index in [1.165, 1.54) is 6.20 Å². The third kappa shape index (κ3) is 3.10. The van der Waals surface area contributed by atoms with Crippen molar-refractivity contribution in [3.8, 4) is 5.88 Å². The second-order valence-electron chi connectivity index (χ2n) is 3.06. The fourth-order valence-electron chi connectivity index (χ4n) is 1.06. The van der Waals surface area contributed by atoms with E-state index in [2.05, 4.69) is 10.3 Å². The Balaban J connectivity index is 2.42. The van der Waals surface area contributed by atoms with Crippen molar-refractivity contribution >= 4 is 11.4 Å². The molecular weight excluding hydrogens is 180 g/mol. The average molecular weight is 197 g/mol. The summed E-state index contributed by atoms with van der Waals surface area (Å²) in [5.74, 6) is 0.468. The highest BCUT2D eigenvalue weighted by Gasteiger charge is 2.01. The Labute approximate surface area is 83.5 Å². The van der Waals surface area contributed by atoms with Gasteiger partial charge in [-0.25, -0.2) is 4.98 Å². The molecule has 0 saturated heterocycles. The lowest BCUT2D eigenvalue weighted by molar-refractivity contribution is -0.627. The van der Waals surface area contributed by atoms with Crippen molar-refractivity contribution in [2.75, 3.05) is 31.7 Å². The van der Waals surface area contributed by atoms with Gasteiger partial charge in [0.2, 0.25) is 5.88 Å². The Morgan fingerprint density at radius 1 is 1.50 bits per heavy atom. The molecule has 1 rings (SSSR count). The molecular formula is C9H17N4O+. The van der Waals surface area contributed by atoms with E-state index in [-0.39, 0.29) is 0 Å². The molecule has 0 amide bonds. The van der Waals surface area contributed by atoms with Gasteiger partial charge in [0.25, 0.3) is 0 Å². The summed E-state index contributed by atoms with van der Waals surface area (Å²) in [5.41, 5.74) is 12.2. The van der Waals surface area contributed by atoms with Crippen molar-refractivity contribution in [1.82, 2.24) is 4.98 Å². The minimum Gasteiger partial charge on any atom is -0.476 e. The van der Waals surface area contributed by atoms with Gasteiger partial charge in [-0.05, 0) is 6.07 Å². The summed E-state index contributed by atoms with van der Waals surface area (Å²) >= 11 is 0. The maximum atomic E-state index is 5.66. The highest BCUT2D eigenvalue weighted by Crippen LogP contribution is 2.19. The molecule has 0 aromatic carbocycles. The zero-order valence-corrected chi connectivity index (χ0v) is 8.36. The SMILES string of the molecule is C[NH2+]CCCOc1ncc(N)cc1N. The lowest BCUT2D eigenvalue weighted by Gasteiger charge is -2.06. The molecule has 0 unspecified atom stereocenters. The summed E-state index contributed by atoms with van der Waals surface area (Å²) < 4.78 is 5.38. The van der Waals surface area contributed by atoms with Gasteiger partial charge in [-0.1, -0.05) is 0 Å². The Morgan fingerprint density at radius 2 is 2.29 bits per heavy atom. The van der Waals surface area contributed by atoms with Gasteiger partial charge < -0.3 is 21.5 Å². The van der Waals surface area contributed by atoms with Crippen molar-refractivity contribution in [3.05, 3.63) is 12.3 Å². The molecule has 0 spiro atoms. The molecule has 1 heterocycles. The quantitative estimate of drug-likeness (QED) is 0.539. The summed E-state index contributed by atoms with van der Waals surface area (Å²) in [5, 5.41) is 2.10. The van der Waals surface area contributed by atoms with Crippen LogP contribution in [0.1, 0.15) is 6.42 Å². The second-order valence-corrected chi connectivity index (χ2v) is 3.06. The first-order chi connectivity index (χ1) is 6.74. The van der Waals surface area contributed by atoms with Gasteiger partial charge in [0.15, 0.2) is 0 Å². The number of anilines is 2. The summed E-state index contributed by atoms with van der Waals surface area (Å²) in [6.07, 6.45) is 2.51. The Kier molecular flexibility index (Phi) is 4.00. The fourth-order valence-corrected chi connectivity index (χ4v) is 1.06. The van der Waals surface area contributed by atoms with Crippen LogP contribution in [-0.2, 0) is 0 Å². The van der Waals surface area contributed by atoms with Gasteiger partial charge in [0, 0.05) is 6.42 Å². The third-order valence-corrected chi connectivity index (χ3v) is 1.78. The molecule has 6 N–H and O–H groups in total. The van der Waals surface area contributed by atoms with Gasteiger partial charge in [-0.3, -0.25) is 0 Å². The molecule has 14 heavy (non-hydrogen) atoms. The predicted molar refractivity (Wildman–Crippen MR) is 55.9 cm³/mol. The highest BCUT2D eigenvalue weighted by atomic mass is 16.5. The first kappa shape index (κ1) is 10.6. The first-order valence-corrected chi connectivity index (χ1v) is 4.65. The number of hydrogen-bond donors (Lipinski definition) is 3. The Hall–Kier alpha value is -1.49. The predicted octanol–water partition coefficient (Wildman–Crippen LogP) is -0.792. The number of rotatable bonds is 5. The molecule has 0 bridgehead atoms. The lowest BCUT2D eigenvalue weighted by atomic mass is 10.4. The number of aromatic nitrogens is 1. The molecule has 0 radical (unpaired) electrons. The van der Waals surface area contributed by atoms with Crippen molar-refractivity contribution in [2.24, 2.45) is 0 Å². The number of pyridine rings is 1. The van der Waals surface area contributed by atoms with Gasteiger partial charge >= 0.3 is 0 Å². The summed E-state index contributed by atoms with van der Waals surface area (Å²) in [6, 6.07) is 1.65.